The molecule has 0 aromatic carbocycles. The van der Waals surface area contributed by atoms with Crippen LogP contribution in [0.15, 0.2) is 0 Å². The Labute approximate surface area is 101 Å². The minimum absolute atomic E-state index is 0.0356. The van der Waals surface area contributed by atoms with E-state index in [2.05, 4.69) is 4.72 Å². The molecule has 1 fully saturated rings. The largest absolute Gasteiger partial charge is 0.481 e. The van der Waals surface area contributed by atoms with E-state index >= 15 is 0 Å². The SMILES string of the molecule is O=C(O)CCS(=O)(=O)NC1CCCCC1CO. The molecule has 0 bridgehead atoms. The van der Waals surface area contributed by atoms with Crippen molar-refractivity contribution in [2.24, 2.45) is 5.92 Å². The van der Waals surface area contributed by atoms with E-state index in [1.54, 1.807) is 0 Å². The van der Waals surface area contributed by atoms with Crippen LogP contribution < -0.4 is 4.72 Å². The van der Waals surface area contributed by atoms with Gasteiger partial charge < -0.3 is 10.2 Å². The Bertz CT molecular complexity index is 354. The predicted molar refractivity (Wildman–Crippen MR) is 62.0 cm³/mol. The number of aliphatic hydroxyl groups is 1. The van der Waals surface area contributed by atoms with Crippen LogP contribution in [0, 0.1) is 5.92 Å². The molecule has 0 heterocycles. The highest BCUT2D eigenvalue weighted by Crippen LogP contribution is 2.24. The molecule has 1 aliphatic rings. The van der Waals surface area contributed by atoms with Crippen LogP contribution in [0.2, 0.25) is 0 Å². The van der Waals surface area contributed by atoms with Crippen LogP contribution in [-0.2, 0) is 14.8 Å². The van der Waals surface area contributed by atoms with Gasteiger partial charge in [-0.15, -0.1) is 0 Å². The van der Waals surface area contributed by atoms with E-state index in [-0.39, 0.29) is 18.6 Å². The second-order valence-electron chi connectivity index (χ2n) is 4.41. The first-order valence-corrected chi connectivity index (χ1v) is 7.42. The molecule has 0 aromatic rings. The van der Waals surface area contributed by atoms with Crippen molar-refractivity contribution < 1.29 is 23.4 Å². The first kappa shape index (κ1) is 14.4. The van der Waals surface area contributed by atoms with E-state index in [0.717, 1.165) is 19.3 Å². The van der Waals surface area contributed by atoms with Gasteiger partial charge in [-0.3, -0.25) is 4.79 Å². The molecule has 0 radical (unpaired) electrons. The number of carbonyl (C=O) groups is 1. The summed E-state index contributed by atoms with van der Waals surface area (Å²) in [7, 11) is -3.56. The second-order valence-corrected chi connectivity index (χ2v) is 6.29. The summed E-state index contributed by atoms with van der Waals surface area (Å²) in [4.78, 5) is 10.3. The lowest BCUT2D eigenvalue weighted by molar-refractivity contribution is -0.136. The lowest BCUT2D eigenvalue weighted by Crippen LogP contribution is -2.44. The summed E-state index contributed by atoms with van der Waals surface area (Å²) >= 11 is 0. The monoisotopic (exact) mass is 265 g/mol. The molecule has 1 aliphatic carbocycles. The maximum atomic E-state index is 11.6. The molecule has 0 spiro atoms. The summed E-state index contributed by atoms with van der Waals surface area (Å²) in [6.45, 7) is -0.0356. The average molecular weight is 265 g/mol. The van der Waals surface area contributed by atoms with Crippen molar-refractivity contribution in [2.75, 3.05) is 12.4 Å². The van der Waals surface area contributed by atoms with Crippen molar-refractivity contribution in [3.63, 3.8) is 0 Å². The maximum Gasteiger partial charge on any atom is 0.304 e. The summed E-state index contributed by atoms with van der Waals surface area (Å²) < 4.78 is 25.7. The van der Waals surface area contributed by atoms with Gasteiger partial charge >= 0.3 is 5.97 Å². The van der Waals surface area contributed by atoms with Gasteiger partial charge in [-0.1, -0.05) is 12.8 Å². The van der Waals surface area contributed by atoms with Crippen molar-refractivity contribution >= 4 is 16.0 Å². The number of nitrogens with one attached hydrogen (secondary N) is 1. The van der Waals surface area contributed by atoms with E-state index in [9.17, 15) is 13.2 Å². The van der Waals surface area contributed by atoms with E-state index in [1.165, 1.54) is 0 Å². The van der Waals surface area contributed by atoms with Gasteiger partial charge in [0, 0.05) is 12.6 Å². The van der Waals surface area contributed by atoms with Gasteiger partial charge in [0.05, 0.1) is 12.2 Å². The highest BCUT2D eigenvalue weighted by atomic mass is 32.2. The van der Waals surface area contributed by atoms with Crippen molar-refractivity contribution in [1.29, 1.82) is 0 Å². The highest BCUT2D eigenvalue weighted by Gasteiger charge is 2.28. The zero-order valence-corrected chi connectivity index (χ0v) is 10.4. The summed E-state index contributed by atoms with van der Waals surface area (Å²) in [6.07, 6.45) is 3.05. The Kier molecular flexibility index (Phi) is 5.35. The maximum absolute atomic E-state index is 11.6. The van der Waals surface area contributed by atoms with Gasteiger partial charge in [0.15, 0.2) is 0 Å². The van der Waals surface area contributed by atoms with Crippen LogP contribution in [-0.4, -0.2) is 43.0 Å². The van der Waals surface area contributed by atoms with E-state index in [4.69, 9.17) is 10.2 Å². The molecule has 0 amide bonds. The standard InChI is InChI=1S/C10H19NO5S/c12-7-8-3-1-2-4-9(8)11-17(15,16)6-5-10(13)14/h8-9,11-12H,1-7H2,(H,13,14). The van der Waals surface area contributed by atoms with Crippen LogP contribution >= 0.6 is 0 Å². The van der Waals surface area contributed by atoms with Gasteiger partial charge in [0.2, 0.25) is 10.0 Å². The number of aliphatic carboxylic acids is 1. The first-order valence-electron chi connectivity index (χ1n) is 5.77. The van der Waals surface area contributed by atoms with Crippen LogP contribution in [0.25, 0.3) is 0 Å². The lowest BCUT2D eigenvalue weighted by Gasteiger charge is -2.30. The summed E-state index contributed by atoms with van der Waals surface area (Å²) in [5.74, 6) is -1.59. The van der Waals surface area contributed by atoms with Crippen LogP contribution in [0.1, 0.15) is 32.1 Å². The topological polar surface area (TPSA) is 104 Å². The summed E-state index contributed by atoms with van der Waals surface area (Å²) in [6, 6.07) is -0.257. The first-order chi connectivity index (χ1) is 7.94. The second kappa shape index (κ2) is 6.32. The molecule has 100 valence electrons. The molecule has 1 rings (SSSR count). The minimum atomic E-state index is -3.56. The van der Waals surface area contributed by atoms with Crippen molar-refractivity contribution in [3.8, 4) is 0 Å². The number of aliphatic hydroxyl groups excluding tert-OH is 1. The summed E-state index contributed by atoms with van der Waals surface area (Å²) in [5, 5.41) is 17.6. The lowest BCUT2D eigenvalue weighted by atomic mass is 9.86. The fourth-order valence-electron chi connectivity index (χ4n) is 2.09. The number of carboxylic acid groups (broad SMARTS) is 1. The fraction of sp³-hybridized carbons (Fsp3) is 0.900. The quantitative estimate of drug-likeness (QED) is 0.624. The number of carboxylic acids is 1. The Balaban J connectivity index is 2.52. The smallest absolute Gasteiger partial charge is 0.304 e. The zero-order valence-electron chi connectivity index (χ0n) is 9.63. The van der Waals surface area contributed by atoms with Gasteiger partial charge in [0.1, 0.15) is 0 Å². The normalized spacial score (nSPS) is 25.7. The average Bonchev–Trinajstić information content (AvgIpc) is 2.27. The van der Waals surface area contributed by atoms with Gasteiger partial charge in [-0.25, -0.2) is 13.1 Å². The van der Waals surface area contributed by atoms with Crippen molar-refractivity contribution in [2.45, 2.75) is 38.1 Å². The van der Waals surface area contributed by atoms with Crippen molar-refractivity contribution in [3.05, 3.63) is 0 Å². The van der Waals surface area contributed by atoms with E-state index in [0.29, 0.717) is 6.42 Å². The molecule has 6 nitrogen and oxygen atoms in total. The number of hydrogen-bond acceptors (Lipinski definition) is 4. The molecule has 1 saturated carbocycles. The Hall–Kier alpha value is -0.660. The Morgan fingerprint density at radius 3 is 2.53 bits per heavy atom. The van der Waals surface area contributed by atoms with E-state index in [1.807, 2.05) is 0 Å². The van der Waals surface area contributed by atoms with Gasteiger partial charge in [0.25, 0.3) is 0 Å². The molecule has 2 unspecified atom stereocenters. The van der Waals surface area contributed by atoms with E-state index < -0.39 is 28.2 Å². The zero-order chi connectivity index (χ0) is 12.9. The summed E-state index contributed by atoms with van der Waals surface area (Å²) in [5.41, 5.74) is 0. The van der Waals surface area contributed by atoms with Crippen LogP contribution in [0.4, 0.5) is 0 Å². The predicted octanol–water partition coefficient (Wildman–Crippen LogP) is -0.0684. The van der Waals surface area contributed by atoms with Crippen LogP contribution in [0.3, 0.4) is 0 Å². The minimum Gasteiger partial charge on any atom is -0.481 e. The van der Waals surface area contributed by atoms with Crippen LogP contribution in [0.5, 0.6) is 0 Å². The Morgan fingerprint density at radius 2 is 1.94 bits per heavy atom. The molecule has 0 aliphatic heterocycles. The number of rotatable bonds is 6. The molecule has 0 saturated heterocycles. The molecule has 2 atom stereocenters. The molecule has 0 aromatic heterocycles. The molecular weight excluding hydrogens is 246 g/mol. The van der Waals surface area contributed by atoms with Crippen molar-refractivity contribution in [1.82, 2.24) is 4.72 Å². The fourth-order valence-corrected chi connectivity index (χ4v) is 3.43. The number of hydrogen-bond donors (Lipinski definition) is 3. The molecule has 3 N–H and O–H groups in total. The molecule has 17 heavy (non-hydrogen) atoms. The highest BCUT2D eigenvalue weighted by molar-refractivity contribution is 7.89. The third-order valence-corrected chi connectivity index (χ3v) is 4.46. The third kappa shape index (κ3) is 5.01. The van der Waals surface area contributed by atoms with Gasteiger partial charge in [-0.05, 0) is 18.8 Å². The number of sulfonamides is 1. The Morgan fingerprint density at radius 1 is 1.29 bits per heavy atom. The molecule has 7 heteroatoms. The molecular formula is C10H19NO5S. The van der Waals surface area contributed by atoms with Gasteiger partial charge in [-0.2, -0.15) is 0 Å². The third-order valence-electron chi connectivity index (χ3n) is 3.06.